The number of nitrogens with zero attached hydrogens (tertiary/aromatic N) is 1. The van der Waals surface area contributed by atoms with Crippen molar-refractivity contribution >= 4 is 17.8 Å². The van der Waals surface area contributed by atoms with Crippen molar-refractivity contribution in [1.29, 1.82) is 0 Å². The molecule has 0 N–H and O–H groups in total. The molecule has 0 saturated heterocycles. The largest absolute Gasteiger partial charge is 0.545 e. The van der Waals surface area contributed by atoms with Crippen LogP contribution in [0, 0.1) is 0 Å². The number of hydrogen-bond donors (Lipinski definition) is 0. The molecule has 1 aliphatic rings. The van der Waals surface area contributed by atoms with Gasteiger partial charge >= 0.3 is 0 Å². The number of imide groups is 1. The Morgan fingerprint density at radius 3 is 2.06 bits per heavy atom. The Morgan fingerprint density at radius 1 is 1.18 bits per heavy atom. The predicted octanol–water partition coefficient (Wildman–Crippen LogP) is -0.411. The van der Waals surface area contributed by atoms with E-state index in [0.29, 0.717) is 0 Å². The Morgan fingerprint density at radius 2 is 1.65 bits per heavy atom. The molecule has 0 aromatic heterocycles. The molecule has 0 spiro atoms. The number of fused-ring (bicyclic) bond motifs is 1. The zero-order valence-electron chi connectivity index (χ0n) is 8.80. The van der Waals surface area contributed by atoms with E-state index in [1.54, 1.807) is 12.1 Å². The van der Waals surface area contributed by atoms with E-state index in [1.807, 2.05) is 0 Å². The van der Waals surface area contributed by atoms with Gasteiger partial charge in [0.25, 0.3) is 11.8 Å². The molecule has 86 valence electrons. The Bertz CT molecular complexity index is 512. The van der Waals surface area contributed by atoms with Crippen molar-refractivity contribution in [2.75, 3.05) is 6.54 Å². The summed E-state index contributed by atoms with van der Waals surface area (Å²) in [5.74, 6) is -2.48. The topological polar surface area (TPSA) is 77.5 Å². The molecule has 5 heteroatoms. The summed E-state index contributed by atoms with van der Waals surface area (Å²) in [6.45, 7) is 2.89. The Labute approximate surface area is 97.0 Å². The van der Waals surface area contributed by atoms with E-state index in [4.69, 9.17) is 0 Å². The summed E-state index contributed by atoms with van der Waals surface area (Å²) in [5.41, 5.74) is 0.256. The number of benzene rings is 1. The number of carbonyl (C=O) groups is 3. The molecule has 0 fully saturated rings. The lowest BCUT2D eigenvalue weighted by molar-refractivity contribution is -0.299. The molecule has 1 aromatic carbocycles. The van der Waals surface area contributed by atoms with Gasteiger partial charge in [0.2, 0.25) is 0 Å². The monoisotopic (exact) mass is 230 g/mol. The molecule has 0 saturated carbocycles. The van der Waals surface area contributed by atoms with Crippen molar-refractivity contribution in [3.05, 3.63) is 47.5 Å². The van der Waals surface area contributed by atoms with E-state index in [9.17, 15) is 19.5 Å². The maximum absolute atomic E-state index is 11.8. The van der Waals surface area contributed by atoms with Gasteiger partial charge in [0.1, 0.15) is 0 Å². The molecule has 0 aliphatic carbocycles. The van der Waals surface area contributed by atoms with Crippen molar-refractivity contribution in [2.24, 2.45) is 0 Å². The van der Waals surface area contributed by atoms with Crippen LogP contribution in [-0.4, -0.2) is 29.2 Å². The average molecular weight is 230 g/mol. The Kier molecular flexibility index (Phi) is 2.51. The van der Waals surface area contributed by atoms with Crippen molar-refractivity contribution in [3.8, 4) is 0 Å². The van der Waals surface area contributed by atoms with E-state index in [-0.39, 0.29) is 23.2 Å². The smallest absolute Gasteiger partial charge is 0.261 e. The molecule has 1 heterocycles. The van der Waals surface area contributed by atoms with Gasteiger partial charge in [0.05, 0.1) is 23.6 Å². The van der Waals surface area contributed by atoms with Crippen LogP contribution in [0.1, 0.15) is 20.7 Å². The van der Waals surface area contributed by atoms with Gasteiger partial charge in [0, 0.05) is 0 Å². The molecular formula is C12H8NO4-. The van der Waals surface area contributed by atoms with Crippen molar-refractivity contribution < 1.29 is 19.5 Å². The molecule has 2 amide bonds. The molecule has 1 aliphatic heterocycles. The molecule has 5 nitrogen and oxygen atoms in total. The zero-order chi connectivity index (χ0) is 12.6. The van der Waals surface area contributed by atoms with E-state index in [1.165, 1.54) is 12.1 Å². The summed E-state index contributed by atoms with van der Waals surface area (Å²) in [7, 11) is 0. The molecular weight excluding hydrogens is 222 g/mol. The second-order valence-corrected chi connectivity index (χ2v) is 3.63. The third-order valence-electron chi connectivity index (χ3n) is 2.52. The van der Waals surface area contributed by atoms with Gasteiger partial charge in [-0.15, -0.1) is 0 Å². The first kappa shape index (κ1) is 11.1. The van der Waals surface area contributed by atoms with Crippen molar-refractivity contribution in [1.82, 2.24) is 4.90 Å². The van der Waals surface area contributed by atoms with Gasteiger partial charge < -0.3 is 9.90 Å². The first-order valence-electron chi connectivity index (χ1n) is 4.86. The molecule has 0 atom stereocenters. The van der Waals surface area contributed by atoms with Crippen LogP contribution in [0.25, 0.3) is 0 Å². The standard InChI is InChI=1S/C12H9NO4/c1-7(12(16)17)6-13-10(14)8-4-2-3-5-9(8)11(13)15/h2-5H,1,6H2,(H,16,17)/p-1. The highest BCUT2D eigenvalue weighted by atomic mass is 16.4. The highest BCUT2D eigenvalue weighted by Gasteiger charge is 2.35. The van der Waals surface area contributed by atoms with Crippen LogP contribution in [0.2, 0.25) is 0 Å². The fraction of sp³-hybridized carbons (Fsp3) is 0.0833. The van der Waals surface area contributed by atoms with Gasteiger partial charge in [-0.1, -0.05) is 18.7 Å². The van der Waals surface area contributed by atoms with Gasteiger partial charge in [-0.05, 0) is 17.7 Å². The van der Waals surface area contributed by atoms with E-state index in [2.05, 4.69) is 6.58 Å². The van der Waals surface area contributed by atoms with Crippen molar-refractivity contribution in [2.45, 2.75) is 0 Å². The summed E-state index contributed by atoms with van der Waals surface area (Å²) < 4.78 is 0. The highest BCUT2D eigenvalue weighted by molar-refractivity contribution is 6.21. The van der Waals surface area contributed by atoms with Crippen LogP contribution in [-0.2, 0) is 4.79 Å². The second-order valence-electron chi connectivity index (χ2n) is 3.63. The van der Waals surface area contributed by atoms with Gasteiger partial charge in [-0.25, -0.2) is 0 Å². The van der Waals surface area contributed by atoms with Crippen LogP contribution in [0.15, 0.2) is 36.4 Å². The molecule has 17 heavy (non-hydrogen) atoms. The summed E-state index contributed by atoms with van der Waals surface area (Å²) in [5, 5.41) is 10.5. The van der Waals surface area contributed by atoms with Crippen LogP contribution in [0.5, 0.6) is 0 Å². The average Bonchev–Trinajstić information content (AvgIpc) is 2.55. The fourth-order valence-corrected chi connectivity index (χ4v) is 1.64. The minimum absolute atomic E-state index is 0.281. The summed E-state index contributed by atoms with van der Waals surface area (Å²) in [4.78, 5) is 35.0. The Hall–Kier alpha value is -2.43. The van der Waals surface area contributed by atoms with Gasteiger partial charge in [-0.2, -0.15) is 0 Å². The minimum Gasteiger partial charge on any atom is -0.545 e. The lowest BCUT2D eigenvalue weighted by Gasteiger charge is -2.15. The maximum atomic E-state index is 11.8. The lowest BCUT2D eigenvalue weighted by Crippen LogP contribution is -2.36. The van der Waals surface area contributed by atoms with E-state index >= 15 is 0 Å². The zero-order valence-corrected chi connectivity index (χ0v) is 8.80. The fourth-order valence-electron chi connectivity index (χ4n) is 1.64. The quantitative estimate of drug-likeness (QED) is 0.522. The number of hydrogen-bond acceptors (Lipinski definition) is 4. The van der Waals surface area contributed by atoms with Crippen LogP contribution < -0.4 is 5.11 Å². The number of amides is 2. The molecule has 0 unspecified atom stereocenters. The number of aliphatic carboxylic acids is 1. The lowest BCUT2D eigenvalue weighted by atomic mass is 10.1. The molecule has 0 bridgehead atoms. The van der Waals surface area contributed by atoms with Crippen LogP contribution >= 0.6 is 0 Å². The number of rotatable bonds is 3. The van der Waals surface area contributed by atoms with Gasteiger partial charge in [0.15, 0.2) is 0 Å². The summed E-state index contributed by atoms with van der Waals surface area (Å²) in [6, 6.07) is 6.33. The molecule has 1 aromatic rings. The predicted molar refractivity (Wildman–Crippen MR) is 56.0 cm³/mol. The molecule has 2 rings (SSSR count). The maximum Gasteiger partial charge on any atom is 0.261 e. The molecule has 0 radical (unpaired) electrons. The van der Waals surface area contributed by atoms with E-state index < -0.39 is 17.8 Å². The number of carboxylic acid groups (broad SMARTS) is 1. The summed E-state index contributed by atoms with van der Waals surface area (Å²) in [6.07, 6.45) is 0. The first-order chi connectivity index (χ1) is 8.02. The minimum atomic E-state index is -1.47. The Balaban J connectivity index is 2.31. The normalized spacial score (nSPS) is 13.8. The third-order valence-corrected chi connectivity index (χ3v) is 2.52. The summed E-state index contributed by atoms with van der Waals surface area (Å²) >= 11 is 0. The first-order valence-corrected chi connectivity index (χ1v) is 4.86. The SMILES string of the molecule is C=C(CN1C(=O)c2ccccc2C1=O)C(=O)[O-]. The van der Waals surface area contributed by atoms with Crippen LogP contribution in [0.3, 0.4) is 0 Å². The third kappa shape index (κ3) is 1.71. The van der Waals surface area contributed by atoms with E-state index in [0.717, 1.165) is 4.90 Å². The van der Waals surface area contributed by atoms with Crippen molar-refractivity contribution in [3.63, 3.8) is 0 Å². The number of carbonyl (C=O) groups excluding carboxylic acids is 3. The van der Waals surface area contributed by atoms with Crippen LogP contribution in [0.4, 0.5) is 0 Å². The second kappa shape index (κ2) is 3.86. The highest BCUT2D eigenvalue weighted by Crippen LogP contribution is 2.22. The van der Waals surface area contributed by atoms with Gasteiger partial charge in [-0.3, -0.25) is 14.5 Å². The number of carboxylic acids is 1.